The number of hydrogen-bond donors (Lipinski definition) is 3. The number of phenols is 1. The van der Waals surface area contributed by atoms with Crippen LogP contribution in [0.1, 0.15) is 36.3 Å². The van der Waals surface area contributed by atoms with E-state index in [2.05, 4.69) is 12.2 Å². The van der Waals surface area contributed by atoms with Crippen LogP contribution in [0.25, 0.3) is 6.08 Å². The molecule has 2 aromatic rings. The minimum atomic E-state index is -0.388. The fourth-order valence-electron chi connectivity index (χ4n) is 2.86. The third-order valence-electron chi connectivity index (χ3n) is 4.51. The van der Waals surface area contributed by atoms with E-state index in [0.29, 0.717) is 24.0 Å². The van der Waals surface area contributed by atoms with Crippen LogP contribution in [0.5, 0.6) is 5.75 Å². The molecule has 2 unspecified atom stereocenters. The van der Waals surface area contributed by atoms with Crippen molar-refractivity contribution in [3.8, 4) is 5.75 Å². The quantitative estimate of drug-likeness (QED) is 0.676. The van der Waals surface area contributed by atoms with Crippen LogP contribution < -0.4 is 5.32 Å². The largest absolute Gasteiger partial charge is 0.508 e. The van der Waals surface area contributed by atoms with Gasteiger partial charge in [0.1, 0.15) is 17.3 Å². The molecule has 1 aliphatic rings. The molecule has 0 radical (unpaired) electrons. The molecule has 25 heavy (non-hydrogen) atoms. The second kappa shape index (κ2) is 7.57. The Bertz CT molecular complexity index is 747. The van der Waals surface area contributed by atoms with Gasteiger partial charge in [0.25, 0.3) is 0 Å². The summed E-state index contributed by atoms with van der Waals surface area (Å²) in [4.78, 5) is 12.0. The molecule has 1 fully saturated rings. The number of phenolic OH excluding ortho intramolecular Hbond substituents is 1. The SMILES string of the molecule is CC1CC1c1ccc(/C=C/C(=O)N[C@H](CO)Cc2ccc(O)cc2)o1. The number of rotatable bonds is 7. The van der Waals surface area contributed by atoms with Crippen molar-refractivity contribution in [3.63, 3.8) is 0 Å². The van der Waals surface area contributed by atoms with Gasteiger partial charge in [-0.3, -0.25) is 4.79 Å². The number of furan rings is 1. The van der Waals surface area contributed by atoms with Crippen molar-refractivity contribution in [3.05, 3.63) is 59.6 Å². The van der Waals surface area contributed by atoms with Crippen molar-refractivity contribution < 1.29 is 19.4 Å². The average Bonchev–Trinajstić information content (AvgIpc) is 3.15. The smallest absolute Gasteiger partial charge is 0.244 e. The minimum absolute atomic E-state index is 0.162. The summed E-state index contributed by atoms with van der Waals surface area (Å²) in [6, 6.07) is 10.1. The first-order valence-electron chi connectivity index (χ1n) is 8.52. The zero-order chi connectivity index (χ0) is 17.8. The predicted octanol–water partition coefficient (Wildman–Crippen LogP) is 2.84. The Balaban J connectivity index is 1.53. The summed E-state index contributed by atoms with van der Waals surface area (Å²) in [5.74, 6) is 2.73. The van der Waals surface area contributed by atoms with Crippen molar-refractivity contribution in [1.82, 2.24) is 5.32 Å². The van der Waals surface area contributed by atoms with E-state index in [1.807, 2.05) is 12.1 Å². The van der Waals surface area contributed by atoms with Crippen LogP contribution in [0, 0.1) is 5.92 Å². The highest BCUT2D eigenvalue weighted by atomic mass is 16.3. The predicted molar refractivity (Wildman–Crippen MR) is 95.1 cm³/mol. The number of amides is 1. The molecular formula is C20H23NO4. The van der Waals surface area contributed by atoms with Gasteiger partial charge in [0.15, 0.2) is 0 Å². The summed E-state index contributed by atoms with van der Waals surface area (Å²) in [6.07, 6.45) is 4.70. The van der Waals surface area contributed by atoms with Crippen LogP contribution in [0.4, 0.5) is 0 Å². The number of carbonyl (C=O) groups excluding carboxylic acids is 1. The summed E-state index contributed by atoms with van der Waals surface area (Å²) < 4.78 is 5.73. The van der Waals surface area contributed by atoms with Crippen molar-refractivity contribution in [2.24, 2.45) is 5.92 Å². The Kier molecular flexibility index (Phi) is 5.24. The van der Waals surface area contributed by atoms with E-state index >= 15 is 0 Å². The molecule has 5 heteroatoms. The van der Waals surface area contributed by atoms with E-state index in [1.54, 1.807) is 30.3 Å². The molecule has 0 spiro atoms. The zero-order valence-corrected chi connectivity index (χ0v) is 14.2. The molecule has 1 heterocycles. The molecule has 3 N–H and O–H groups in total. The monoisotopic (exact) mass is 341 g/mol. The standard InChI is InChI=1S/C20H23NO4/c1-13-10-18(13)19-8-6-17(25-19)7-9-20(24)21-15(12-22)11-14-2-4-16(23)5-3-14/h2-9,13,15,18,22-23H,10-12H2,1H3,(H,21,24)/b9-7+/t13?,15-,18?/m0/s1. The van der Waals surface area contributed by atoms with Crippen LogP contribution in [0.3, 0.4) is 0 Å². The van der Waals surface area contributed by atoms with Crippen LogP contribution in [-0.4, -0.2) is 28.8 Å². The number of aliphatic hydroxyl groups excluding tert-OH is 1. The molecule has 1 saturated carbocycles. The molecule has 1 aliphatic carbocycles. The van der Waals surface area contributed by atoms with Crippen molar-refractivity contribution in [2.75, 3.05) is 6.61 Å². The van der Waals surface area contributed by atoms with Crippen LogP contribution in [0.2, 0.25) is 0 Å². The van der Waals surface area contributed by atoms with Gasteiger partial charge < -0.3 is 19.9 Å². The molecule has 5 nitrogen and oxygen atoms in total. The maximum atomic E-state index is 12.0. The van der Waals surface area contributed by atoms with E-state index in [4.69, 9.17) is 4.42 Å². The number of nitrogens with one attached hydrogen (secondary N) is 1. The number of aromatic hydroxyl groups is 1. The summed E-state index contributed by atoms with van der Waals surface area (Å²) in [5, 5.41) is 21.5. The maximum absolute atomic E-state index is 12.0. The lowest BCUT2D eigenvalue weighted by Crippen LogP contribution is -2.38. The van der Waals surface area contributed by atoms with Gasteiger partial charge in [0.05, 0.1) is 12.6 Å². The zero-order valence-electron chi connectivity index (χ0n) is 14.2. The second-order valence-corrected chi connectivity index (χ2v) is 6.65. The van der Waals surface area contributed by atoms with Gasteiger partial charge in [-0.2, -0.15) is 0 Å². The van der Waals surface area contributed by atoms with E-state index in [0.717, 1.165) is 17.7 Å². The number of hydrogen-bond acceptors (Lipinski definition) is 4. The van der Waals surface area contributed by atoms with Gasteiger partial charge in [-0.1, -0.05) is 19.1 Å². The maximum Gasteiger partial charge on any atom is 0.244 e. The van der Waals surface area contributed by atoms with Crippen LogP contribution in [-0.2, 0) is 11.2 Å². The Morgan fingerprint density at radius 3 is 2.68 bits per heavy atom. The van der Waals surface area contributed by atoms with Crippen molar-refractivity contribution >= 4 is 12.0 Å². The van der Waals surface area contributed by atoms with E-state index in [9.17, 15) is 15.0 Å². The van der Waals surface area contributed by atoms with Gasteiger partial charge in [0, 0.05) is 12.0 Å². The lowest BCUT2D eigenvalue weighted by atomic mass is 10.1. The highest BCUT2D eigenvalue weighted by Crippen LogP contribution is 2.47. The van der Waals surface area contributed by atoms with Crippen molar-refractivity contribution in [1.29, 1.82) is 0 Å². The Labute approximate surface area is 147 Å². The van der Waals surface area contributed by atoms with E-state index < -0.39 is 0 Å². The molecule has 3 atom stereocenters. The molecule has 0 aliphatic heterocycles. The molecule has 1 aromatic heterocycles. The topological polar surface area (TPSA) is 82.7 Å². The third kappa shape index (κ3) is 4.73. The molecule has 132 valence electrons. The highest BCUT2D eigenvalue weighted by Gasteiger charge is 2.36. The fraction of sp³-hybridized carbons (Fsp3) is 0.350. The molecule has 0 saturated heterocycles. The van der Waals surface area contributed by atoms with Gasteiger partial charge in [-0.05, 0) is 54.7 Å². The average molecular weight is 341 g/mol. The summed E-state index contributed by atoms with van der Waals surface area (Å²) in [7, 11) is 0. The lowest BCUT2D eigenvalue weighted by molar-refractivity contribution is -0.117. The summed E-state index contributed by atoms with van der Waals surface area (Å²) in [5.41, 5.74) is 0.926. The second-order valence-electron chi connectivity index (χ2n) is 6.65. The van der Waals surface area contributed by atoms with Crippen LogP contribution >= 0.6 is 0 Å². The normalized spacial score (nSPS) is 20.6. The van der Waals surface area contributed by atoms with Gasteiger partial charge in [0.2, 0.25) is 5.91 Å². The fourth-order valence-corrected chi connectivity index (χ4v) is 2.86. The molecule has 0 bridgehead atoms. The Hall–Kier alpha value is -2.53. The van der Waals surface area contributed by atoms with E-state index in [1.165, 1.54) is 6.08 Å². The molecule has 3 rings (SSSR count). The minimum Gasteiger partial charge on any atom is -0.508 e. The first-order chi connectivity index (χ1) is 12.0. The summed E-state index contributed by atoms with van der Waals surface area (Å²) in [6.45, 7) is 2.03. The molecule has 1 amide bonds. The Morgan fingerprint density at radius 2 is 2.04 bits per heavy atom. The highest BCUT2D eigenvalue weighted by molar-refractivity contribution is 5.91. The number of benzene rings is 1. The third-order valence-corrected chi connectivity index (χ3v) is 4.51. The lowest BCUT2D eigenvalue weighted by Gasteiger charge is -2.15. The van der Waals surface area contributed by atoms with Gasteiger partial charge in [-0.25, -0.2) is 0 Å². The first-order valence-corrected chi connectivity index (χ1v) is 8.52. The van der Waals surface area contributed by atoms with Crippen LogP contribution in [0.15, 0.2) is 46.9 Å². The Morgan fingerprint density at radius 1 is 1.32 bits per heavy atom. The molecule has 1 aromatic carbocycles. The van der Waals surface area contributed by atoms with Crippen molar-refractivity contribution in [2.45, 2.75) is 31.7 Å². The number of aliphatic hydroxyl groups is 1. The number of carbonyl (C=O) groups is 1. The van der Waals surface area contributed by atoms with E-state index in [-0.39, 0.29) is 24.3 Å². The van der Waals surface area contributed by atoms with Gasteiger partial charge in [-0.15, -0.1) is 0 Å². The van der Waals surface area contributed by atoms with Gasteiger partial charge >= 0.3 is 0 Å². The first kappa shape index (κ1) is 17.3. The summed E-state index contributed by atoms with van der Waals surface area (Å²) >= 11 is 0. The molecular weight excluding hydrogens is 318 g/mol.